The van der Waals surface area contributed by atoms with Crippen molar-refractivity contribution < 1.29 is 4.74 Å². The Hall–Kier alpha value is -1.88. The van der Waals surface area contributed by atoms with Crippen molar-refractivity contribution in [3.63, 3.8) is 0 Å². The Morgan fingerprint density at radius 1 is 1.21 bits per heavy atom. The Kier molecular flexibility index (Phi) is 5.51. The van der Waals surface area contributed by atoms with Crippen LogP contribution in [0.1, 0.15) is 39.2 Å². The third kappa shape index (κ3) is 3.96. The molecule has 0 aliphatic carbocycles. The van der Waals surface area contributed by atoms with Gasteiger partial charge in [0.05, 0.1) is 19.3 Å². The SMILES string of the molecule is CC[C@@H](C)CN1CCC(n2cc(-c3ccc(OC)cc3)nn2)CC1. The fourth-order valence-corrected chi connectivity index (χ4v) is 3.29. The molecular formula is C19H28N4O. The van der Waals surface area contributed by atoms with E-state index in [0.717, 1.165) is 48.9 Å². The molecule has 5 nitrogen and oxygen atoms in total. The predicted octanol–water partition coefficient (Wildman–Crippen LogP) is 3.64. The molecule has 5 heteroatoms. The van der Waals surface area contributed by atoms with Crippen molar-refractivity contribution in [2.45, 2.75) is 39.2 Å². The van der Waals surface area contributed by atoms with Gasteiger partial charge in [-0.25, -0.2) is 4.68 Å². The number of aromatic nitrogens is 3. The van der Waals surface area contributed by atoms with Crippen LogP contribution in [-0.4, -0.2) is 46.6 Å². The van der Waals surface area contributed by atoms with Crippen LogP contribution in [-0.2, 0) is 0 Å². The molecular weight excluding hydrogens is 300 g/mol. The lowest BCUT2D eigenvalue weighted by molar-refractivity contribution is 0.159. The van der Waals surface area contributed by atoms with Gasteiger partial charge in [0.1, 0.15) is 11.4 Å². The molecule has 0 radical (unpaired) electrons. The summed E-state index contributed by atoms with van der Waals surface area (Å²) in [6.45, 7) is 8.15. The Morgan fingerprint density at radius 2 is 1.92 bits per heavy atom. The molecule has 0 amide bonds. The zero-order valence-corrected chi connectivity index (χ0v) is 15.0. The molecule has 1 aliphatic rings. The van der Waals surface area contributed by atoms with Crippen molar-refractivity contribution in [2.75, 3.05) is 26.7 Å². The highest BCUT2D eigenvalue weighted by molar-refractivity contribution is 5.58. The molecule has 1 saturated heterocycles. The summed E-state index contributed by atoms with van der Waals surface area (Å²) in [4.78, 5) is 2.59. The molecule has 0 saturated carbocycles. The number of rotatable bonds is 6. The van der Waals surface area contributed by atoms with Crippen molar-refractivity contribution in [1.82, 2.24) is 19.9 Å². The van der Waals surface area contributed by atoms with Crippen LogP contribution in [0.15, 0.2) is 30.5 Å². The number of methoxy groups -OCH3 is 1. The molecule has 0 N–H and O–H groups in total. The first-order valence-corrected chi connectivity index (χ1v) is 8.98. The topological polar surface area (TPSA) is 43.2 Å². The lowest BCUT2D eigenvalue weighted by atomic mass is 10.0. The van der Waals surface area contributed by atoms with Crippen LogP contribution >= 0.6 is 0 Å². The molecule has 2 heterocycles. The number of benzene rings is 1. The standard InChI is InChI=1S/C19H28N4O/c1-4-15(2)13-22-11-9-17(10-12-22)23-14-19(20-21-23)16-5-7-18(24-3)8-6-16/h5-8,14-15,17H,4,9-13H2,1-3H3/t15-/m1/s1. The second-order valence-electron chi connectivity index (χ2n) is 6.86. The molecule has 24 heavy (non-hydrogen) atoms. The molecule has 0 bridgehead atoms. The maximum atomic E-state index is 5.21. The Morgan fingerprint density at radius 3 is 2.54 bits per heavy atom. The van der Waals surface area contributed by atoms with Gasteiger partial charge in [-0.2, -0.15) is 0 Å². The van der Waals surface area contributed by atoms with Crippen molar-refractivity contribution in [1.29, 1.82) is 0 Å². The van der Waals surface area contributed by atoms with Crippen LogP contribution in [0.3, 0.4) is 0 Å². The van der Waals surface area contributed by atoms with E-state index in [1.165, 1.54) is 13.0 Å². The predicted molar refractivity (Wildman–Crippen MR) is 96.2 cm³/mol. The molecule has 1 aromatic carbocycles. The van der Waals surface area contributed by atoms with Crippen LogP contribution in [0.2, 0.25) is 0 Å². The lowest BCUT2D eigenvalue weighted by Gasteiger charge is -2.33. The second kappa shape index (κ2) is 7.79. The largest absolute Gasteiger partial charge is 0.497 e. The van der Waals surface area contributed by atoms with E-state index >= 15 is 0 Å². The number of hydrogen-bond donors (Lipinski definition) is 0. The molecule has 3 rings (SSSR count). The molecule has 130 valence electrons. The fraction of sp³-hybridized carbons (Fsp3) is 0.579. The van der Waals surface area contributed by atoms with Gasteiger partial charge in [-0.05, 0) is 43.0 Å². The molecule has 1 aliphatic heterocycles. The molecule has 0 unspecified atom stereocenters. The van der Waals surface area contributed by atoms with E-state index in [-0.39, 0.29) is 0 Å². The van der Waals surface area contributed by atoms with Gasteiger partial charge in [0, 0.05) is 25.2 Å². The second-order valence-corrected chi connectivity index (χ2v) is 6.86. The highest BCUT2D eigenvalue weighted by Crippen LogP contribution is 2.25. The summed E-state index contributed by atoms with van der Waals surface area (Å²) in [5.41, 5.74) is 2.01. The maximum Gasteiger partial charge on any atom is 0.118 e. The zero-order valence-electron chi connectivity index (χ0n) is 15.0. The average Bonchev–Trinajstić information content (AvgIpc) is 3.12. The van der Waals surface area contributed by atoms with E-state index in [9.17, 15) is 0 Å². The quantitative estimate of drug-likeness (QED) is 0.812. The minimum absolute atomic E-state index is 0.470. The Labute approximate surface area is 144 Å². The maximum absolute atomic E-state index is 5.21. The van der Waals surface area contributed by atoms with Crippen LogP contribution in [0.5, 0.6) is 5.75 Å². The molecule has 0 spiro atoms. The highest BCUT2D eigenvalue weighted by Gasteiger charge is 2.22. The van der Waals surface area contributed by atoms with E-state index in [2.05, 4.69) is 39.9 Å². The fourth-order valence-electron chi connectivity index (χ4n) is 3.29. The smallest absolute Gasteiger partial charge is 0.118 e. The van der Waals surface area contributed by atoms with E-state index < -0.39 is 0 Å². The van der Waals surface area contributed by atoms with Gasteiger partial charge in [0.15, 0.2) is 0 Å². The van der Waals surface area contributed by atoms with Gasteiger partial charge in [0.2, 0.25) is 0 Å². The summed E-state index contributed by atoms with van der Waals surface area (Å²) in [6, 6.07) is 8.45. The van der Waals surface area contributed by atoms with Crippen molar-refractivity contribution in [3.05, 3.63) is 30.5 Å². The molecule has 2 aromatic rings. The third-order valence-corrected chi connectivity index (χ3v) is 5.09. The number of hydrogen-bond acceptors (Lipinski definition) is 4. The lowest BCUT2D eigenvalue weighted by Crippen LogP contribution is -2.37. The molecule has 1 atom stereocenters. The molecule has 1 aromatic heterocycles. The van der Waals surface area contributed by atoms with Crippen molar-refractivity contribution in [2.24, 2.45) is 5.92 Å². The van der Waals surface area contributed by atoms with Crippen LogP contribution < -0.4 is 4.74 Å². The Bertz CT molecular complexity index is 629. The minimum Gasteiger partial charge on any atom is -0.497 e. The number of likely N-dealkylation sites (tertiary alicyclic amines) is 1. The van der Waals surface area contributed by atoms with E-state index in [1.54, 1.807) is 7.11 Å². The number of piperidine rings is 1. The van der Waals surface area contributed by atoms with Crippen molar-refractivity contribution >= 4 is 0 Å². The summed E-state index contributed by atoms with van der Waals surface area (Å²) in [5, 5.41) is 8.73. The summed E-state index contributed by atoms with van der Waals surface area (Å²) in [7, 11) is 1.68. The first-order chi connectivity index (χ1) is 11.7. The van der Waals surface area contributed by atoms with Crippen LogP contribution in [0.25, 0.3) is 11.3 Å². The zero-order chi connectivity index (χ0) is 16.9. The summed E-state index contributed by atoms with van der Waals surface area (Å²) >= 11 is 0. The van der Waals surface area contributed by atoms with Crippen LogP contribution in [0, 0.1) is 5.92 Å². The first kappa shape index (κ1) is 17.0. The first-order valence-electron chi connectivity index (χ1n) is 8.98. The summed E-state index contributed by atoms with van der Waals surface area (Å²) in [6.07, 6.45) is 5.65. The molecule has 1 fully saturated rings. The van der Waals surface area contributed by atoms with Gasteiger partial charge < -0.3 is 9.64 Å². The normalized spacial score (nSPS) is 17.8. The highest BCUT2D eigenvalue weighted by atomic mass is 16.5. The van der Waals surface area contributed by atoms with Gasteiger partial charge >= 0.3 is 0 Å². The minimum atomic E-state index is 0.470. The van der Waals surface area contributed by atoms with Gasteiger partial charge in [-0.15, -0.1) is 5.10 Å². The number of ether oxygens (including phenoxy) is 1. The Balaban J connectivity index is 1.60. The van der Waals surface area contributed by atoms with Crippen LogP contribution in [0.4, 0.5) is 0 Å². The van der Waals surface area contributed by atoms with Gasteiger partial charge in [-0.1, -0.05) is 25.5 Å². The van der Waals surface area contributed by atoms with E-state index in [1.807, 2.05) is 24.3 Å². The van der Waals surface area contributed by atoms with Gasteiger partial charge in [0.25, 0.3) is 0 Å². The number of nitrogens with zero attached hydrogens (tertiary/aromatic N) is 4. The van der Waals surface area contributed by atoms with Gasteiger partial charge in [-0.3, -0.25) is 0 Å². The monoisotopic (exact) mass is 328 g/mol. The van der Waals surface area contributed by atoms with Crippen molar-refractivity contribution in [3.8, 4) is 17.0 Å². The average molecular weight is 328 g/mol. The van der Waals surface area contributed by atoms with E-state index in [4.69, 9.17) is 4.74 Å². The summed E-state index contributed by atoms with van der Waals surface area (Å²) < 4.78 is 7.26. The van der Waals surface area contributed by atoms with E-state index in [0.29, 0.717) is 6.04 Å². The summed E-state index contributed by atoms with van der Waals surface area (Å²) in [5.74, 6) is 1.65. The third-order valence-electron chi connectivity index (χ3n) is 5.09.